The van der Waals surface area contributed by atoms with Crippen LogP contribution in [0.2, 0.25) is 0 Å². The molecular weight excluding hydrogens is 387 g/mol. The van der Waals surface area contributed by atoms with Crippen LogP contribution in [-0.4, -0.2) is 60.1 Å². The molecule has 0 saturated carbocycles. The highest BCUT2D eigenvalue weighted by molar-refractivity contribution is 6.62. The van der Waals surface area contributed by atoms with Gasteiger partial charge in [-0.3, -0.25) is 4.79 Å². The zero-order valence-electron chi connectivity index (χ0n) is 18.2. The summed E-state index contributed by atoms with van der Waals surface area (Å²) in [6.07, 6.45) is 0.258. The van der Waals surface area contributed by atoms with Gasteiger partial charge in [0.2, 0.25) is 5.60 Å². The third-order valence-corrected chi connectivity index (χ3v) is 6.41. The number of aromatic nitrogens is 1. The van der Waals surface area contributed by atoms with Crippen molar-refractivity contribution in [3.63, 3.8) is 0 Å². The maximum atomic E-state index is 12.4. The van der Waals surface area contributed by atoms with Crippen molar-refractivity contribution in [1.82, 2.24) is 10.1 Å². The molecule has 2 aliphatic rings. The van der Waals surface area contributed by atoms with Gasteiger partial charge in [-0.2, -0.15) is 0 Å². The molecule has 8 nitrogen and oxygen atoms in total. The molecule has 0 unspecified atom stereocenters. The van der Waals surface area contributed by atoms with Crippen LogP contribution in [0.5, 0.6) is 5.75 Å². The molecule has 4 rings (SSSR count). The summed E-state index contributed by atoms with van der Waals surface area (Å²) in [6, 6.07) is 7.15. The highest BCUT2D eigenvalue weighted by Crippen LogP contribution is 2.38. The van der Waals surface area contributed by atoms with Crippen molar-refractivity contribution in [3.05, 3.63) is 30.0 Å². The van der Waals surface area contributed by atoms with Gasteiger partial charge in [0, 0.05) is 31.6 Å². The first kappa shape index (κ1) is 20.9. The molecule has 1 atom stereocenters. The van der Waals surface area contributed by atoms with Gasteiger partial charge in [-0.1, -0.05) is 11.2 Å². The Balaban J connectivity index is 1.69. The van der Waals surface area contributed by atoms with E-state index in [0.29, 0.717) is 23.6 Å². The summed E-state index contributed by atoms with van der Waals surface area (Å²) in [5.41, 5.74) is -0.662. The first-order valence-corrected chi connectivity index (χ1v) is 9.97. The lowest BCUT2D eigenvalue weighted by Gasteiger charge is -2.32. The van der Waals surface area contributed by atoms with E-state index in [4.69, 9.17) is 18.6 Å². The number of carbonyl (C=O) groups excluding carboxylic acids is 1. The summed E-state index contributed by atoms with van der Waals surface area (Å²) in [5, 5.41) is 14.9. The second-order valence-electron chi connectivity index (χ2n) is 9.00. The van der Waals surface area contributed by atoms with E-state index in [1.165, 1.54) is 4.90 Å². The number of ether oxygens (including phenoxy) is 1. The second-order valence-corrected chi connectivity index (χ2v) is 9.00. The quantitative estimate of drug-likeness (QED) is 0.761. The van der Waals surface area contributed by atoms with Crippen LogP contribution in [-0.2, 0) is 19.7 Å². The number of likely N-dealkylation sites (N-methyl/N-ethyl adjacent to an activating group) is 1. The minimum Gasteiger partial charge on any atom is -0.497 e. The summed E-state index contributed by atoms with van der Waals surface area (Å²) in [7, 11) is 2.66. The first-order valence-electron chi connectivity index (χ1n) is 9.97. The predicted molar refractivity (Wildman–Crippen MR) is 110 cm³/mol. The maximum absolute atomic E-state index is 12.4. The van der Waals surface area contributed by atoms with Crippen molar-refractivity contribution in [1.29, 1.82) is 0 Å². The molecule has 3 heterocycles. The first-order chi connectivity index (χ1) is 14.0. The van der Waals surface area contributed by atoms with Gasteiger partial charge in [0.15, 0.2) is 5.76 Å². The zero-order chi connectivity index (χ0) is 21.9. The number of methoxy groups -OCH3 is 1. The third kappa shape index (κ3) is 3.21. The molecule has 1 N–H and O–H groups in total. The maximum Gasteiger partial charge on any atom is 0.494 e. The molecule has 2 fully saturated rings. The van der Waals surface area contributed by atoms with E-state index in [2.05, 4.69) is 5.16 Å². The van der Waals surface area contributed by atoms with Crippen LogP contribution in [0.15, 0.2) is 28.8 Å². The Morgan fingerprint density at radius 2 is 1.80 bits per heavy atom. The number of carbonyl (C=O) groups is 1. The molecule has 1 aromatic heterocycles. The molecule has 160 valence electrons. The number of rotatable bonds is 4. The van der Waals surface area contributed by atoms with Gasteiger partial charge < -0.3 is 28.6 Å². The van der Waals surface area contributed by atoms with Crippen LogP contribution < -0.4 is 10.2 Å². The fourth-order valence-electron chi connectivity index (χ4n) is 3.69. The smallest absolute Gasteiger partial charge is 0.494 e. The fraction of sp³-hybridized carbons (Fsp3) is 0.524. The molecule has 1 aromatic carbocycles. The highest BCUT2D eigenvalue weighted by atomic mass is 16.7. The van der Waals surface area contributed by atoms with Crippen LogP contribution in [0.1, 0.15) is 39.9 Å². The normalized spacial score (nSPS) is 25.2. The van der Waals surface area contributed by atoms with Crippen molar-refractivity contribution < 1.29 is 28.5 Å². The number of likely N-dealkylation sites (tertiary alicyclic amines) is 1. The van der Waals surface area contributed by atoms with Gasteiger partial charge in [-0.05, 0) is 45.3 Å². The summed E-state index contributed by atoms with van der Waals surface area (Å²) in [5.74, 6) is 0.345. The SMILES string of the molecule is COc1cc(B2OC(C)(C)C(C)(C)O2)cc(-c2cc([C@@]3(O)CCN(C)C3=O)on2)c1. The van der Waals surface area contributed by atoms with Gasteiger partial charge in [-0.15, -0.1) is 0 Å². The average molecular weight is 414 g/mol. The van der Waals surface area contributed by atoms with Crippen molar-refractivity contribution >= 4 is 18.5 Å². The van der Waals surface area contributed by atoms with Crippen LogP contribution in [0.4, 0.5) is 0 Å². The van der Waals surface area contributed by atoms with Gasteiger partial charge in [-0.25, -0.2) is 0 Å². The van der Waals surface area contributed by atoms with Gasteiger partial charge in [0.1, 0.15) is 11.4 Å². The lowest BCUT2D eigenvalue weighted by Crippen LogP contribution is -2.41. The molecule has 2 saturated heterocycles. The Bertz CT molecular complexity index is 972. The Morgan fingerprint density at radius 1 is 1.13 bits per heavy atom. The minimum atomic E-state index is -1.69. The van der Waals surface area contributed by atoms with Crippen LogP contribution >= 0.6 is 0 Å². The van der Waals surface area contributed by atoms with Gasteiger partial charge in [0.05, 0.1) is 18.3 Å². The molecule has 0 radical (unpaired) electrons. The van der Waals surface area contributed by atoms with Crippen LogP contribution in [0, 0.1) is 0 Å². The molecule has 2 aromatic rings. The van der Waals surface area contributed by atoms with Gasteiger partial charge >= 0.3 is 7.12 Å². The second kappa shape index (κ2) is 6.83. The van der Waals surface area contributed by atoms with E-state index in [1.54, 1.807) is 20.2 Å². The third-order valence-electron chi connectivity index (χ3n) is 6.41. The summed E-state index contributed by atoms with van der Waals surface area (Å²) in [4.78, 5) is 13.8. The Morgan fingerprint density at radius 3 is 2.37 bits per heavy atom. The summed E-state index contributed by atoms with van der Waals surface area (Å²) in [6.45, 7) is 8.43. The number of amides is 1. The van der Waals surface area contributed by atoms with E-state index in [9.17, 15) is 9.90 Å². The Hall–Kier alpha value is -2.36. The molecule has 30 heavy (non-hydrogen) atoms. The number of nitrogens with zero attached hydrogens (tertiary/aromatic N) is 2. The standard InChI is InChI=1S/C21H27BN2O6/c1-19(2)20(3,4)30-22(29-19)14-9-13(10-15(11-14)27-6)16-12-17(28-23-16)21(26)7-8-24(5)18(21)25/h9-12,26H,7-8H2,1-6H3/t21-/m0/s1. The van der Waals surface area contributed by atoms with Gasteiger partial charge in [0.25, 0.3) is 5.91 Å². The molecule has 0 aliphatic carbocycles. The van der Waals surface area contributed by atoms with E-state index in [-0.39, 0.29) is 12.2 Å². The predicted octanol–water partition coefficient (Wildman–Crippen LogP) is 1.70. The lowest BCUT2D eigenvalue weighted by atomic mass is 9.78. The largest absolute Gasteiger partial charge is 0.497 e. The number of hydrogen-bond acceptors (Lipinski definition) is 7. The van der Waals surface area contributed by atoms with Crippen molar-refractivity contribution in [3.8, 4) is 17.0 Å². The molecule has 0 bridgehead atoms. The highest BCUT2D eigenvalue weighted by Gasteiger charge is 2.52. The molecule has 1 amide bonds. The molecular formula is C21H27BN2O6. The average Bonchev–Trinajstić information content (AvgIpc) is 3.34. The fourth-order valence-corrected chi connectivity index (χ4v) is 3.69. The summed E-state index contributed by atoms with van der Waals surface area (Å²) < 4.78 is 23.2. The van der Waals surface area contributed by atoms with E-state index >= 15 is 0 Å². The number of aliphatic hydroxyl groups is 1. The molecule has 2 aliphatic heterocycles. The van der Waals surface area contributed by atoms with E-state index < -0.39 is 29.8 Å². The van der Waals surface area contributed by atoms with E-state index in [1.807, 2.05) is 45.9 Å². The van der Waals surface area contributed by atoms with Crippen molar-refractivity contribution in [2.45, 2.75) is 50.9 Å². The monoisotopic (exact) mass is 414 g/mol. The van der Waals surface area contributed by atoms with Crippen LogP contribution in [0.25, 0.3) is 11.3 Å². The molecule has 9 heteroatoms. The van der Waals surface area contributed by atoms with E-state index in [0.717, 1.165) is 5.46 Å². The lowest BCUT2D eigenvalue weighted by molar-refractivity contribution is -0.144. The van der Waals surface area contributed by atoms with Crippen LogP contribution in [0.3, 0.4) is 0 Å². The van der Waals surface area contributed by atoms with Crippen molar-refractivity contribution in [2.24, 2.45) is 0 Å². The minimum absolute atomic E-state index is 0.131. The Labute approximate surface area is 176 Å². The number of benzene rings is 1. The Kier molecular flexibility index (Phi) is 4.76. The zero-order valence-corrected chi connectivity index (χ0v) is 18.2. The summed E-state index contributed by atoms with van der Waals surface area (Å²) >= 11 is 0. The topological polar surface area (TPSA) is 94.3 Å². The van der Waals surface area contributed by atoms with Crippen molar-refractivity contribution in [2.75, 3.05) is 20.7 Å². The number of hydrogen-bond donors (Lipinski definition) is 1. The molecule has 0 spiro atoms.